The van der Waals surface area contributed by atoms with E-state index in [9.17, 15) is 4.79 Å². The second-order valence-electron chi connectivity index (χ2n) is 3.63. The highest BCUT2D eigenvalue weighted by atomic mass is 16.5. The van der Waals surface area contributed by atoms with Crippen LogP contribution in [0.2, 0.25) is 0 Å². The third kappa shape index (κ3) is 3.75. The minimum atomic E-state index is 0.0148. The van der Waals surface area contributed by atoms with E-state index in [2.05, 4.69) is 0 Å². The fourth-order valence-electron chi connectivity index (χ4n) is 1.60. The summed E-state index contributed by atoms with van der Waals surface area (Å²) in [6, 6.07) is 7.19. The van der Waals surface area contributed by atoms with Gasteiger partial charge in [0.15, 0.2) is 0 Å². The number of hydrogen-bond donors (Lipinski definition) is 1. The molecule has 94 valence electrons. The molecular formula is C13H20N2O2. The fraction of sp³-hybridized carbons (Fsp3) is 0.462. The van der Waals surface area contributed by atoms with Gasteiger partial charge in [0.1, 0.15) is 5.75 Å². The molecule has 0 aromatic heterocycles. The first kappa shape index (κ1) is 13.5. The molecule has 1 amide bonds. The maximum Gasteiger partial charge on any atom is 0.253 e. The summed E-state index contributed by atoms with van der Waals surface area (Å²) in [6.45, 7) is 6.24. The van der Waals surface area contributed by atoms with Gasteiger partial charge in [-0.2, -0.15) is 0 Å². The summed E-state index contributed by atoms with van der Waals surface area (Å²) in [5.41, 5.74) is 6.14. The summed E-state index contributed by atoms with van der Waals surface area (Å²) in [4.78, 5) is 13.8. The Kier molecular flexibility index (Phi) is 5.49. The lowest BCUT2D eigenvalue weighted by atomic mass is 10.2. The molecule has 17 heavy (non-hydrogen) atoms. The van der Waals surface area contributed by atoms with Crippen molar-refractivity contribution in [3.05, 3.63) is 29.8 Å². The van der Waals surface area contributed by atoms with Gasteiger partial charge in [0, 0.05) is 25.2 Å². The van der Waals surface area contributed by atoms with Crippen LogP contribution in [0, 0.1) is 0 Å². The highest BCUT2D eigenvalue weighted by Crippen LogP contribution is 2.13. The zero-order valence-electron chi connectivity index (χ0n) is 10.5. The quantitative estimate of drug-likeness (QED) is 0.814. The van der Waals surface area contributed by atoms with Gasteiger partial charge in [-0.1, -0.05) is 0 Å². The minimum absolute atomic E-state index is 0.0148. The van der Waals surface area contributed by atoms with E-state index in [1.165, 1.54) is 0 Å². The summed E-state index contributed by atoms with van der Waals surface area (Å²) in [7, 11) is 0. The van der Waals surface area contributed by atoms with Crippen molar-refractivity contribution in [3.8, 4) is 5.75 Å². The Morgan fingerprint density at radius 1 is 1.29 bits per heavy atom. The summed E-state index contributed by atoms with van der Waals surface area (Å²) in [5, 5.41) is 0. The van der Waals surface area contributed by atoms with E-state index < -0.39 is 0 Å². The van der Waals surface area contributed by atoms with Gasteiger partial charge in [-0.3, -0.25) is 4.79 Å². The van der Waals surface area contributed by atoms with Gasteiger partial charge in [0.25, 0.3) is 5.91 Å². The summed E-state index contributed by atoms with van der Waals surface area (Å²) in [5.74, 6) is 0.798. The zero-order valence-corrected chi connectivity index (χ0v) is 10.5. The highest BCUT2D eigenvalue weighted by Gasteiger charge is 2.12. The van der Waals surface area contributed by atoms with E-state index in [1.807, 2.05) is 26.0 Å². The van der Waals surface area contributed by atoms with Crippen LogP contribution >= 0.6 is 0 Å². The second kappa shape index (κ2) is 6.91. The van der Waals surface area contributed by atoms with E-state index in [0.717, 1.165) is 5.75 Å². The minimum Gasteiger partial charge on any atom is -0.494 e. The number of nitrogens with two attached hydrogens (primary N) is 1. The molecule has 0 aliphatic heterocycles. The van der Waals surface area contributed by atoms with Crippen LogP contribution < -0.4 is 10.5 Å². The largest absolute Gasteiger partial charge is 0.494 e. The van der Waals surface area contributed by atoms with Crippen LogP contribution in [-0.2, 0) is 0 Å². The number of likely N-dealkylation sites (N-methyl/N-ethyl adjacent to an activating group) is 1. The van der Waals surface area contributed by atoms with E-state index >= 15 is 0 Å². The molecule has 0 atom stereocenters. The van der Waals surface area contributed by atoms with Crippen LogP contribution in [0.25, 0.3) is 0 Å². The molecule has 2 N–H and O–H groups in total. The lowest BCUT2D eigenvalue weighted by Crippen LogP contribution is -2.35. The molecule has 4 heteroatoms. The Morgan fingerprint density at radius 2 is 1.94 bits per heavy atom. The monoisotopic (exact) mass is 236 g/mol. The van der Waals surface area contributed by atoms with E-state index in [1.54, 1.807) is 17.0 Å². The van der Waals surface area contributed by atoms with Crippen LogP contribution in [0.15, 0.2) is 24.3 Å². The van der Waals surface area contributed by atoms with Crippen molar-refractivity contribution in [2.75, 3.05) is 26.2 Å². The van der Waals surface area contributed by atoms with Crippen molar-refractivity contribution in [1.29, 1.82) is 0 Å². The first-order valence-electron chi connectivity index (χ1n) is 5.95. The average molecular weight is 236 g/mol. The van der Waals surface area contributed by atoms with E-state index in [0.29, 0.717) is 31.8 Å². The molecule has 1 aromatic rings. The Labute approximate surface area is 102 Å². The maximum absolute atomic E-state index is 12.1. The molecule has 0 saturated heterocycles. The second-order valence-corrected chi connectivity index (χ2v) is 3.63. The molecule has 0 aliphatic rings. The molecular weight excluding hydrogens is 216 g/mol. The molecule has 0 bridgehead atoms. The number of hydrogen-bond acceptors (Lipinski definition) is 3. The molecule has 0 heterocycles. The molecule has 1 rings (SSSR count). The molecule has 0 fully saturated rings. The molecule has 1 aromatic carbocycles. The Balaban J connectivity index is 2.74. The number of rotatable bonds is 6. The maximum atomic E-state index is 12.1. The normalized spacial score (nSPS) is 10.1. The van der Waals surface area contributed by atoms with Crippen LogP contribution in [0.3, 0.4) is 0 Å². The summed E-state index contributed by atoms with van der Waals surface area (Å²) in [6.07, 6.45) is 0. The fourth-order valence-corrected chi connectivity index (χ4v) is 1.60. The van der Waals surface area contributed by atoms with Gasteiger partial charge in [-0.25, -0.2) is 0 Å². The van der Waals surface area contributed by atoms with Gasteiger partial charge in [0.05, 0.1) is 6.61 Å². The number of benzene rings is 1. The van der Waals surface area contributed by atoms with E-state index in [-0.39, 0.29) is 5.91 Å². The number of amides is 1. The van der Waals surface area contributed by atoms with Crippen LogP contribution in [0.1, 0.15) is 24.2 Å². The van der Waals surface area contributed by atoms with E-state index in [4.69, 9.17) is 10.5 Å². The van der Waals surface area contributed by atoms with Crippen molar-refractivity contribution in [2.45, 2.75) is 13.8 Å². The SMILES string of the molecule is CCOc1ccc(C(=O)N(CC)CCN)cc1. The van der Waals surface area contributed by atoms with Crippen molar-refractivity contribution in [1.82, 2.24) is 4.90 Å². The Hall–Kier alpha value is -1.55. The molecule has 0 spiro atoms. The predicted molar refractivity (Wildman–Crippen MR) is 68.2 cm³/mol. The predicted octanol–water partition coefficient (Wildman–Crippen LogP) is 1.51. The highest BCUT2D eigenvalue weighted by molar-refractivity contribution is 5.94. The van der Waals surface area contributed by atoms with Crippen molar-refractivity contribution < 1.29 is 9.53 Å². The number of ether oxygens (including phenoxy) is 1. The van der Waals surface area contributed by atoms with Crippen LogP contribution in [0.4, 0.5) is 0 Å². The van der Waals surface area contributed by atoms with Crippen molar-refractivity contribution >= 4 is 5.91 Å². The van der Waals surface area contributed by atoms with Gasteiger partial charge in [-0.05, 0) is 38.1 Å². The Morgan fingerprint density at radius 3 is 2.41 bits per heavy atom. The van der Waals surface area contributed by atoms with Crippen LogP contribution in [-0.4, -0.2) is 37.0 Å². The molecule has 0 unspecified atom stereocenters. The van der Waals surface area contributed by atoms with Gasteiger partial charge >= 0.3 is 0 Å². The topological polar surface area (TPSA) is 55.6 Å². The zero-order chi connectivity index (χ0) is 12.7. The summed E-state index contributed by atoms with van der Waals surface area (Å²) >= 11 is 0. The molecule has 0 aliphatic carbocycles. The first-order chi connectivity index (χ1) is 8.22. The number of nitrogens with zero attached hydrogens (tertiary/aromatic N) is 1. The van der Waals surface area contributed by atoms with Gasteiger partial charge in [-0.15, -0.1) is 0 Å². The summed E-state index contributed by atoms with van der Waals surface area (Å²) < 4.78 is 5.33. The molecule has 4 nitrogen and oxygen atoms in total. The third-order valence-electron chi connectivity index (χ3n) is 2.48. The molecule has 0 radical (unpaired) electrons. The van der Waals surface area contributed by atoms with Gasteiger partial charge in [0.2, 0.25) is 0 Å². The lowest BCUT2D eigenvalue weighted by molar-refractivity contribution is 0.0769. The van der Waals surface area contributed by atoms with Crippen molar-refractivity contribution in [2.24, 2.45) is 5.73 Å². The van der Waals surface area contributed by atoms with Gasteiger partial charge < -0.3 is 15.4 Å². The average Bonchev–Trinajstić information content (AvgIpc) is 2.36. The molecule has 0 saturated carbocycles. The third-order valence-corrected chi connectivity index (χ3v) is 2.48. The lowest BCUT2D eigenvalue weighted by Gasteiger charge is -2.20. The smallest absolute Gasteiger partial charge is 0.253 e. The number of carbonyl (C=O) groups is 1. The standard InChI is InChI=1S/C13H20N2O2/c1-3-15(10-9-14)13(16)11-5-7-12(8-6-11)17-4-2/h5-8H,3-4,9-10,14H2,1-2H3. The van der Waals surface area contributed by atoms with Crippen molar-refractivity contribution in [3.63, 3.8) is 0 Å². The first-order valence-corrected chi connectivity index (χ1v) is 5.95. The number of carbonyl (C=O) groups excluding carboxylic acids is 1. The van der Waals surface area contributed by atoms with Crippen LogP contribution in [0.5, 0.6) is 5.75 Å². The Bertz CT molecular complexity index is 349.